The fourth-order valence-corrected chi connectivity index (χ4v) is 2.95. The molecular formula is C14H19N5O4. The van der Waals surface area contributed by atoms with Crippen LogP contribution < -0.4 is 10.6 Å². The Kier molecular flexibility index (Phi) is 4.18. The van der Waals surface area contributed by atoms with Gasteiger partial charge in [-0.25, -0.2) is 4.79 Å². The van der Waals surface area contributed by atoms with Crippen LogP contribution in [-0.2, 0) is 9.59 Å². The van der Waals surface area contributed by atoms with Gasteiger partial charge in [-0.2, -0.15) is 5.10 Å². The summed E-state index contributed by atoms with van der Waals surface area (Å²) < 4.78 is 1.81. The molecule has 3 amide bonds. The van der Waals surface area contributed by atoms with Gasteiger partial charge in [-0.3, -0.25) is 19.6 Å². The highest BCUT2D eigenvalue weighted by Gasteiger charge is 2.27. The van der Waals surface area contributed by atoms with E-state index in [9.17, 15) is 14.4 Å². The number of nitrogens with zero attached hydrogens (tertiary/aromatic N) is 3. The van der Waals surface area contributed by atoms with Crippen LogP contribution in [0.15, 0.2) is 12.3 Å². The van der Waals surface area contributed by atoms with E-state index in [0.29, 0.717) is 44.6 Å². The lowest BCUT2D eigenvalue weighted by molar-refractivity contribution is -0.133. The van der Waals surface area contributed by atoms with E-state index < -0.39 is 12.1 Å². The Morgan fingerprint density at radius 2 is 2.04 bits per heavy atom. The molecule has 1 aromatic heterocycles. The van der Waals surface area contributed by atoms with Crippen LogP contribution in [-0.4, -0.2) is 56.8 Å². The lowest BCUT2D eigenvalue weighted by Gasteiger charge is -2.30. The summed E-state index contributed by atoms with van der Waals surface area (Å²) in [5, 5.41) is 18.7. The molecule has 0 aromatic carbocycles. The fraction of sp³-hybridized carbons (Fsp3) is 0.571. The minimum absolute atomic E-state index is 0.155. The number of carbonyl (C=O) groups excluding carboxylic acids is 2. The van der Waals surface area contributed by atoms with Crippen LogP contribution in [0.2, 0.25) is 0 Å². The molecule has 1 aromatic rings. The lowest BCUT2D eigenvalue weighted by Crippen LogP contribution is -2.47. The van der Waals surface area contributed by atoms with Crippen LogP contribution >= 0.6 is 0 Å². The van der Waals surface area contributed by atoms with Crippen LogP contribution in [0.25, 0.3) is 0 Å². The Hall–Kier alpha value is -2.58. The molecule has 0 bridgehead atoms. The summed E-state index contributed by atoms with van der Waals surface area (Å²) in [4.78, 5) is 35.2. The lowest BCUT2D eigenvalue weighted by atomic mass is 10.1. The van der Waals surface area contributed by atoms with Crippen molar-refractivity contribution in [2.24, 2.45) is 0 Å². The average molecular weight is 321 g/mol. The molecule has 3 N–H and O–H groups in total. The van der Waals surface area contributed by atoms with E-state index in [4.69, 9.17) is 5.11 Å². The SMILES string of the molecule is O=C1CCC(Nc2ccn(C3CCN(C(=O)O)CC3)n2)C(=O)N1. The molecule has 0 spiro atoms. The molecule has 2 saturated heterocycles. The molecule has 2 aliphatic heterocycles. The van der Waals surface area contributed by atoms with Gasteiger partial charge < -0.3 is 15.3 Å². The van der Waals surface area contributed by atoms with Gasteiger partial charge in [0.15, 0.2) is 0 Å². The molecule has 9 nitrogen and oxygen atoms in total. The van der Waals surface area contributed by atoms with E-state index in [1.807, 2.05) is 10.9 Å². The summed E-state index contributed by atoms with van der Waals surface area (Å²) in [7, 11) is 0. The third-order valence-electron chi connectivity index (χ3n) is 4.28. The van der Waals surface area contributed by atoms with Crippen molar-refractivity contribution >= 4 is 23.7 Å². The van der Waals surface area contributed by atoms with Gasteiger partial charge in [-0.1, -0.05) is 0 Å². The molecular weight excluding hydrogens is 302 g/mol. The summed E-state index contributed by atoms with van der Waals surface area (Å²) in [5.41, 5.74) is 0. The second-order valence-corrected chi connectivity index (χ2v) is 5.83. The van der Waals surface area contributed by atoms with Crippen molar-refractivity contribution in [3.05, 3.63) is 12.3 Å². The van der Waals surface area contributed by atoms with Gasteiger partial charge in [-0.15, -0.1) is 0 Å². The number of piperidine rings is 2. The first-order valence-electron chi connectivity index (χ1n) is 7.66. The van der Waals surface area contributed by atoms with Gasteiger partial charge in [0.25, 0.3) is 0 Å². The van der Waals surface area contributed by atoms with Crippen molar-refractivity contribution in [3.8, 4) is 0 Å². The second-order valence-electron chi connectivity index (χ2n) is 5.83. The topological polar surface area (TPSA) is 117 Å². The van der Waals surface area contributed by atoms with Crippen molar-refractivity contribution in [1.29, 1.82) is 0 Å². The van der Waals surface area contributed by atoms with Crippen molar-refractivity contribution in [1.82, 2.24) is 20.0 Å². The smallest absolute Gasteiger partial charge is 0.407 e. The summed E-state index contributed by atoms with van der Waals surface area (Å²) in [6.45, 7) is 0.992. The van der Waals surface area contributed by atoms with Crippen LogP contribution in [0.4, 0.5) is 10.6 Å². The minimum Gasteiger partial charge on any atom is -0.465 e. The summed E-state index contributed by atoms with van der Waals surface area (Å²) in [6.07, 6.45) is 3.14. The third-order valence-corrected chi connectivity index (χ3v) is 4.28. The molecule has 0 saturated carbocycles. The molecule has 0 aliphatic carbocycles. The van der Waals surface area contributed by atoms with Crippen LogP contribution in [0.5, 0.6) is 0 Å². The average Bonchev–Trinajstić information content (AvgIpc) is 2.99. The van der Waals surface area contributed by atoms with E-state index >= 15 is 0 Å². The number of hydrogen-bond acceptors (Lipinski definition) is 5. The normalized spacial score (nSPS) is 22.8. The molecule has 3 heterocycles. The first kappa shape index (κ1) is 15.3. The van der Waals surface area contributed by atoms with E-state index in [0.717, 1.165) is 0 Å². The number of likely N-dealkylation sites (tertiary alicyclic amines) is 1. The van der Waals surface area contributed by atoms with Crippen molar-refractivity contribution < 1.29 is 19.5 Å². The zero-order chi connectivity index (χ0) is 16.4. The Bertz CT molecular complexity index is 620. The maximum Gasteiger partial charge on any atom is 0.407 e. The Morgan fingerprint density at radius 3 is 2.70 bits per heavy atom. The highest BCUT2D eigenvalue weighted by molar-refractivity contribution is 6.01. The fourth-order valence-electron chi connectivity index (χ4n) is 2.95. The third kappa shape index (κ3) is 3.43. The second kappa shape index (κ2) is 6.27. The van der Waals surface area contributed by atoms with Gasteiger partial charge in [0, 0.05) is 31.8 Å². The van der Waals surface area contributed by atoms with Crippen LogP contribution in [0.3, 0.4) is 0 Å². The predicted octanol–water partition coefficient (Wildman–Crippen LogP) is 0.415. The number of hydrogen-bond donors (Lipinski definition) is 3. The number of imide groups is 1. The van der Waals surface area contributed by atoms with Gasteiger partial charge in [0.05, 0.1) is 6.04 Å². The van der Waals surface area contributed by atoms with E-state index in [2.05, 4.69) is 15.7 Å². The summed E-state index contributed by atoms with van der Waals surface area (Å²) in [6, 6.07) is 1.49. The molecule has 1 atom stereocenters. The predicted molar refractivity (Wildman–Crippen MR) is 79.9 cm³/mol. The number of rotatable bonds is 3. The van der Waals surface area contributed by atoms with Gasteiger partial charge in [0.2, 0.25) is 11.8 Å². The van der Waals surface area contributed by atoms with Gasteiger partial charge >= 0.3 is 6.09 Å². The Labute approximate surface area is 132 Å². The van der Waals surface area contributed by atoms with Crippen molar-refractivity contribution in [2.75, 3.05) is 18.4 Å². The Morgan fingerprint density at radius 1 is 1.30 bits per heavy atom. The highest BCUT2D eigenvalue weighted by Crippen LogP contribution is 2.23. The molecule has 3 rings (SSSR count). The minimum atomic E-state index is -0.885. The molecule has 2 aliphatic rings. The number of nitrogens with one attached hydrogen (secondary N) is 2. The summed E-state index contributed by atoms with van der Waals surface area (Å²) >= 11 is 0. The Balaban J connectivity index is 1.57. The van der Waals surface area contributed by atoms with E-state index in [-0.39, 0.29) is 17.9 Å². The van der Waals surface area contributed by atoms with Gasteiger partial charge in [0.1, 0.15) is 11.9 Å². The maximum absolute atomic E-state index is 11.7. The number of amides is 3. The van der Waals surface area contributed by atoms with E-state index in [1.54, 1.807) is 6.07 Å². The molecule has 9 heteroatoms. The molecule has 1 unspecified atom stereocenters. The number of carboxylic acid groups (broad SMARTS) is 1. The standard InChI is InChI=1S/C14H19N5O4/c20-12-2-1-10(13(21)16-12)15-11-5-8-19(17-11)9-3-6-18(7-4-9)14(22)23/h5,8-10H,1-4,6-7H2,(H,15,17)(H,22,23)(H,16,20,21). The zero-order valence-corrected chi connectivity index (χ0v) is 12.6. The maximum atomic E-state index is 11.7. The zero-order valence-electron chi connectivity index (χ0n) is 12.6. The first-order chi connectivity index (χ1) is 11.0. The van der Waals surface area contributed by atoms with Crippen LogP contribution in [0, 0.1) is 0 Å². The quantitative estimate of drug-likeness (QED) is 0.695. The number of carbonyl (C=O) groups is 3. The van der Waals surface area contributed by atoms with Gasteiger partial charge in [-0.05, 0) is 19.3 Å². The largest absolute Gasteiger partial charge is 0.465 e. The molecule has 124 valence electrons. The van der Waals surface area contributed by atoms with Crippen molar-refractivity contribution in [3.63, 3.8) is 0 Å². The number of aromatic nitrogens is 2. The molecule has 0 radical (unpaired) electrons. The molecule has 23 heavy (non-hydrogen) atoms. The number of anilines is 1. The van der Waals surface area contributed by atoms with Crippen molar-refractivity contribution in [2.45, 2.75) is 37.8 Å². The summed E-state index contributed by atoms with van der Waals surface area (Å²) in [5.74, 6) is 0.00880. The molecule has 2 fully saturated rings. The highest BCUT2D eigenvalue weighted by atomic mass is 16.4. The first-order valence-corrected chi connectivity index (χ1v) is 7.66. The van der Waals surface area contributed by atoms with Crippen LogP contribution in [0.1, 0.15) is 31.7 Å². The van der Waals surface area contributed by atoms with E-state index in [1.165, 1.54) is 4.90 Å². The monoisotopic (exact) mass is 321 g/mol.